The van der Waals surface area contributed by atoms with E-state index in [4.69, 9.17) is 14.2 Å². The van der Waals surface area contributed by atoms with Crippen LogP contribution in [0, 0.1) is 13.8 Å². The second kappa shape index (κ2) is 7.64. The van der Waals surface area contributed by atoms with Crippen molar-refractivity contribution < 1.29 is 19.0 Å². The first-order valence-corrected chi connectivity index (χ1v) is 9.95. The maximum absolute atomic E-state index is 11.7. The number of methoxy groups -OCH3 is 1. The maximum Gasteiger partial charge on any atom is 0.350 e. The third-order valence-corrected chi connectivity index (χ3v) is 5.88. The molecular weight excluding hydrogens is 374 g/mol. The summed E-state index contributed by atoms with van der Waals surface area (Å²) in [5.41, 5.74) is 4.21. The minimum Gasteiger partial charge on any atom is -0.485 e. The summed E-state index contributed by atoms with van der Waals surface area (Å²) in [7, 11) is 1.36. The molecule has 1 aliphatic rings. The first-order valence-electron chi connectivity index (χ1n) is 9.14. The molecular formula is C22H21NO4S. The van der Waals surface area contributed by atoms with Crippen LogP contribution >= 0.6 is 11.3 Å². The topological polar surface area (TPSA) is 57.7 Å². The van der Waals surface area contributed by atoms with Gasteiger partial charge in [-0.1, -0.05) is 35.6 Å². The van der Waals surface area contributed by atoms with E-state index in [0.29, 0.717) is 21.5 Å². The van der Waals surface area contributed by atoms with Gasteiger partial charge in [0.2, 0.25) is 0 Å². The molecule has 2 heterocycles. The largest absolute Gasteiger partial charge is 0.485 e. The number of nitrogens with zero attached hydrogens (tertiary/aromatic N) is 1. The smallest absolute Gasteiger partial charge is 0.350 e. The van der Waals surface area contributed by atoms with Crippen LogP contribution in [0.15, 0.2) is 42.5 Å². The van der Waals surface area contributed by atoms with Gasteiger partial charge in [-0.2, -0.15) is 0 Å². The van der Waals surface area contributed by atoms with Crippen LogP contribution in [-0.2, 0) is 11.2 Å². The molecule has 0 aliphatic carbocycles. The number of thiazole rings is 1. The van der Waals surface area contributed by atoms with Gasteiger partial charge in [0.1, 0.15) is 22.5 Å². The van der Waals surface area contributed by atoms with Crippen molar-refractivity contribution in [3.63, 3.8) is 0 Å². The normalized spacial score (nSPS) is 15.5. The number of hydrogen-bond acceptors (Lipinski definition) is 6. The summed E-state index contributed by atoms with van der Waals surface area (Å²) >= 11 is 1.18. The average molecular weight is 395 g/mol. The van der Waals surface area contributed by atoms with E-state index in [9.17, 15) is 4.79 Å². The minimum absolute atomic E-state index is 0.0738. The first kappa shape index (κ1) is 18.5. The SMILES string of the molecule is COC(=O)c1sc(Oc2ccc3c(c2)CCC(c2ccccc2C)O3)nc1C. The van der Waals surface area contributed by atoms with Crippen molar-refractivity contribution in [3.05, 3.63) is 69.7 Å². The molecule has 1 aromatic heterocycles. The fourth-order valence-corrected chi connectivity index (χ4v) is 4.25. The molecule has 0 saturated carbocycles. The number of esters is 1. The van der Waals surface area contributed by atoms with E-state index in [2.05, 4.69) is 30.1 Å². The predicted molar refractivity (Wildman–Crippen MR) is 108 cm³/mol. The van der Waals surface area contributed by atoms with Gasteiger partial charge in [-0.15, -0.1) is 0 Å². The molecule has 0 bridgehead atoms. The van der Waals surface area contributed by atoms with Crippen molar-refractivity contribution >= 4 is 17.3 Å². The number of aryl methyl sites for hydroxylation is 3. The quantitative estimate of drug-likeness (QED) is 0.553. The molecule has 0 N–H and O–H groups in total. The molecule has 0 radical (unpaired) electrons. The van der Waals surface area contributed by atoms with Crippen LogP contribution in [0.25, 0.3) is 0 Å². The molecule has 0 spiro atoms. The lowest BCUT2D eigenvalue weighted by Crippen LogP contribution is -2.16. The number of rotatable bonds is 4. The number of aromatic nitrogens is 1. The third-order valence-electron chi connectivity index (χ3n) is 4.87. The first-order chi connectivity index (χ1) is 13.5. The third kappa shape index (κ3) is 3.60. The summed E-state index contributed by atoms with van der Waals surface area (Å²) < 4.78 is 16.9. The van der Waals surface area contributed by atoms with Crippen molar-refractivity contribution in [1.29, 1.82) is 0 Å². The van der Waals surface area contributed by atoms with Crippen LogP contribution in [0.2, 0.25) is 0 Å². The number of carbonyl (C=O) groups excluding carboxylic acids is 1. The highest BCUT2D eigenvalue weighted by Crippen LogP contribution is 2.39. The number of fused-ring (bicyclic) bond motifs is 1. The van der Waals surface area contributed by atoms with Crippen molar-refractivity contribution in [3.8, 4) is 16.7 Å². The highest BCUT2D eigenvalue weighted by molar-refractivity contribution is 7.15. The Kier molecular flexibility index (Phi) is 5.05. The molecule has 5 nitrogen and oxygen atoms in total. The molecule has 6 heteroatoms. The molecule has 3 aromatic rings. The van der Waals surface area contributed by atoms with Crippen LogP contribution in [-0.4, -0.2) is 18.1 Å². The highest BCUT2D eigenvalue weighted by atomic mass is 32.1. The summed E-state index contributed by atoms with van der Waals surface area (Å²) in [5, 5.41) is 0.423. The van der Waals surface area contributed by atoms with E-state index in [0.717, 1.165) is 24.2 Å². The van der Waals surface area contributed by atoms with Gasteiger partial charge >= 0.3 is 5.97 Å². The Hall–Kier alpha value is -2.86. The number of benzene rings is 2. The zero-order valence-electron chi connectivity index (χ0n) is 16.0. The van der Waals surface area contributed by atoms with E-state index in [1.807, 2.05) is 24.3 Å². The molecule has 0 saturated heterocycles. The second-order valence-corrected chi connectivity index (χ2v) is 7.72. The lowest BCUT2D eigenvalue weighted by Gasteiger charge is -2.27. The van der Waals surface area contributed by atoms with Crippen LogP contribution in [0.1, 0.15) is 44.6 Å². The molecule has 1 aliphatic heterocycles. The van der Waals surface area contributed by atoms with Crippen LogP contribution in [0.4, 0.5) is 0 Å². The number of ether oxygens (including phenoxy) is 3. The Balaban J connectivity index is 1.52. The fourth-order valence-electron chi connectivity index (χ4n) is 3.39. The van der Waals surface area contributed by atoms with Crippen LogP contribution < -0.4 is 9.47 Å². The van der Waals surface area contributed by atoms with E-state index in [1.165, 1.54) is 29.6 Å². The molecule has 1 unspecified atom stereocenters. The van der Waals surface area contributed by atoms with Crippen molar-refractivity contribution in [1.82, 2.24) is 4.98 Å². The average Bonchev–Trinajstić information content (AvgIpc) is 3.07. The maximum atomic E-state index is 11.7. The second-order valence-electron chi connectivity index (χ2n) is 6.76. The Morgan fingerprint density at radius 1 is 1.21 bits per heavy atom. The van der Waals surface area contributed by atoms with E-state index in [-0.39, 0.29) is 6.10 Å². The van der Waals surface area contributed by atoms with Gasteiger partial charge in [0, 0.05) is 0 Å². The van der Waals surface area contributed by atoms with Gasteiger partial charge in [0.25, 0.3) is 5.19 Å². The lowest BCUT2D eigenvalue weighted by atomic mass is 9.95. The molecule has 0 amide bonds. The van der Waals surface area contributed by atoms with Gasteiger partial charge in [0.05, 0.1) is 12.8 Å². The molecule has 4 rings (SSSR count). The fraction of sp³-hybridized carbons (Fsp3) is 0.273. The molecule has 1 atom stereocenters. The van der Waals surface area contributed by atoms with Crippen molar-refractivity contribution in [2.24, 2.45) is 0 Å². The van der Waals surface area contributed by atoms with Crippen LogP contribution in [0.5, 0.6) is 16.7 Å². The van der Waals surface area contributed by atoms with E-state index >= 15 is 0 Å². The summed E-state index contributed by atoms with van der Waals surface area (Å²) in [4.78, 5) is 16.5. The Bertz CT molecular complexity index is 1030. The molecule has 0 fully saturated rings. The Morgan fingerprint density at radius 2 is 2.04 bits per heavy atom. The van der Waals surface area contributed by atoms with E-state index in [1.54, 1.807) is 6.92 Å². The predicted octanol–water partition coefficient (Wildman–Crippen LogP) is 5.41. The van der Waals surface area contributed by atoms with Gasteiger partial charge in [-0.3, -0.25) is 0 Å². The zero-order chi connectivity index (χ0) is 19.7. The minimum atomic E-state index is -0.397. The molecule has 144 valence electrons. The van der Waals surface area contributed by atoms with Gasteiger partial charge < -0.3 is 14.2 Å². The van der Waals surface area contributed by atoms with Crippen molar-refractivity contribution in [2.45, 2.75) is 32.8 Å². The summed E-state index contributed by atoms with van der Waals surface area (Å²) in [6.07, 6.45) is 1.91. The van der Waals surface area contributed by atoms with Crippen molar-refractivity contribution in [2.75, 3.05) is 7.11 Å². The number of hydrogen-bond donors (Lipinski definition) is 0. The lowest BCUT2D eigenvalue weighted by molar-refractivity contribution is 0.0605. The Labute approximate surface area is 167 Å². The van der Waals surface area contributed by atoms with Gasteiger partial charge in [-0.25, -0.2) is 9.78 Å². The summed E-state index contributed by atoms with van der Waals surface area (Å²) in [6.45, 7) is 3.88. The molecule has 28 heavy (non-hydrogen) atoms. The van der Waals surface area contributed by atoms with Gasteiger partial charge in [0.15, 0.2) is 0 Å². The standard InChI is InChI=1S/C22H21NO4S/c1-13-6-4-5-7-17(13)19-10-8-15-12-16(9-11-18(15)27-19)26-22-23-14(2)20(28-22)21(24)25-3/h4-7,9,11-12,19H,8,10H2,1-3H3. The monoisotopic (exact) mass is 395 g/mol. The molecule has 2 aromatic carbocycles. The zero-order valence-corrected chi connectivity index (χ0v) is 16.8. The van der Waals surface area contributed by atoms with Crippen LogP contribution in [0.3, 0.4) is 0 Å². The van der Waals surface area contributed by atoms with E-state index < -0.39 is 5.97 Å². The highest BCUT2D eigenvalue weighted by Gasteiger charge is 2.23. The Morgan fingerprint density at radius 3 is 2.82 bits per heavy atom. The summed E-state index contributed by atoms with van der Waals surface area (Å²) in [5.74, 6) is 1.17. The van der Waals surface area contributed by atoms with Gasteiger partial charge in [-0.05, 0) is 61.6 Å². The summed E-state index contributed by atoms with van der Waals surface area (Å²) in [6, 6.07) is 14.1. The number of carbonyl (C=O) groups is 1.